The minimum absolute atomic E-state index is 0.0924. The quantitative estimate of drug-likeness (QED) is 0.762. The Morgan fingerprint density at radius 2 is 2.15 bits per heavy atom. The number of primary amides is 1. The van der Waals surface area contributed by atoms with Gasteiger partial charge in [0.15, 0.2) is 0 Å². The molecule has 0 saturated carbocycles. The monoisotopic (exact) mass is 376 g/mol. The number of hydrogen-bond acceptors (Lipinski definition) is 7. The second kappa shape index (κ2) is 6.95. The third-order valence-corrected chi connectivity index (χ3v) is 4.91. The fourth-order valence-electron chi connectivity index (χ4n) is 3.44. The zero-order chi connectivity index (χ0) is 19.0. The number of aromatic nitrogens is 3. The lowest BCUT2D eigenvalue weighted by molar-refractivity contribution is -0.118. The van der Waals surface area contributed by atoms with E-state index in [0.717, 1.165) is 22.6 Å². The summed E-state index contributed by atoms with van der Waals surface area (Å²) in [7, 11) is 1.63. The number of nitrogens with two attached hydrogens (primary N) is 2. The van der Waals surface area contributed by atoms with Crippen LogP contribution < -0.4 is 21.1 Å². The summed E-state index contributed by atoms with van der Waals surface area (Å²) in [5.74, 6) is 0.917. The van der Waals surface area contributed by atoms with Crippen molar-refractivity contribution in [3.8, 4) is 5.75 Å². The van der Waals surface area contributed by atoms with Gasteiger partial charge >= 0.3 is 0 Å². The van der Waals surface area contributed by atoms with E-state index in [1.54, 1.807) is 7.11 Å². The van der Waals surface area contributed by atoms with Crippen LogP contribution in [0.1, 0.15) is 34.7 Å². The maximum Gasteiger partial charge on any atom is 0.223 e. The molecule has 4 N–H and O–H groups in total. The van der Waals surface area contributed by atoms with Gasteiger partial charge in [-0.3, -0.25) is 9.78 Å². The SMILES string of the molecule is COc1c(C)ncc(CN2CC(CC(N)=O)c3c(Cl)nc(N)nc32)c1C. The molecule has 2 aromatic rings. The number of nitrogens with zero attached hydrogens (tertiary/aromatic N) is 4. The van der Waals surface area contributed by atoms with Crippen LogP contribution in [0.4, 0.5) is 11.8 Å². The molecule has 0 spiro atoms. The lowest BCUT2D eigenvalue weighted by Gasteiger charge is -2.21. The number of carbonyl (C=O) groups excluding carboxylic acids is 1. The molecule has 3 rings (SSSR count). The molecule has 8 nitrogen and oxygen atoms in total. The topological polar surface area (TPSA) is 120 Å². The minimum atomic E-state index is -0.398. The number of carbonyl (C=O) groups is 1. The molecule has 0 saturated heterocycles. The number of ether oxygens (including phenoxy) is 1. The molecule has 1 atom stereocenters. The summed E-state index contributed by atoms with van der Waals surface area (Å²) in [6.07, 6.45) is 1.99. The number of nitrogen functional groups attached to an aromatic ring is 1. The molecule has 0 bridgehead atoms. The number of hydrogen-bond donors (Lipinski definition) is 2. The number of fused-ring (bicyclic) bond motifs is 1. The van der Waals surface area contributed by atoms with Gasteiger partial charge in [0.2, 0.25) is 11.9 Å². The van der Waals surface area contributed by atoms with Crippen LogP contribution in [-0.2, 0) is 11.3 Å². The molecule has 0 aromatic carbocycles. The van der Waals surface area contributed by atoms with Crippen molar-refractivity contribution in [1.29, 1.82) is 0 Å². The summed E-state index contributed by atoms with van der Waals surface area (Å²) in [4.78, 5) is 26.2. The van der Waals surface area contributed by atoms with Gasteiger partial charge in [-0.2, -0.15) is 4.98 Å². The summed E-state index contributed by atoms with van der Waals surface area (Å²) >= 11 is 6.28. The first-order valence-electron chi connectivity index (χ1n) is 8.17. The Morgan fingerprint density at radius 3 is 2.81 bits per heavy atom. The molecule has 3 heterocycles. The number of halogens is 1. The van der Waals surface area contributed by atoms with E-state index in [9.17, 15) is 4.79 Å². The third kappa shape index (κ3) is 3.24. The standard InChI is InChI=1S/C17H21ClN6O2/c1-8-11(5-21-9(2)14(8)26-3)7-24-6-10(4-12(19)25)13-15(18)22-17(20)23-16(13)24/h5,10H,4,6-7H2,1-3H3,(H2,19,25)(H2,20,22,23). The van der Waals surface area contributed by atoms with Crippen molar-refractivity contribution in [1.82, 2.24) is 15.0 Å². The van der Waals surface area contributed by atoms with Crippen LogP contribution >= 0.6 is 11.6 Å². The van der Waals surface area contributed by atoms with Gasteiger partial charge in [0.1, 0.15) is 16.7 Å². The Bertz CT molecular complexity index is 873. The number of aryl methyl sites for hydroxylation is 1. The predicted octanol–water partition coefficient (Wildman–Crippen LogP) is 1.71. The van der Waals surface area contributed by atoms with Crippen LogP contribution in [0.15, 0.2) is 6.20 Å². The van der Waals surface area contributed by atoms with Crippen LogP contribution in [0.3, 0.4) is 0 Å². The van der Waals surface area contributed by atoms with E-state index in [-0.39, 0.29) is 23.4 Å². The fraction of sp³-hybridized carbons (Fsp3) is 0.412. The fourth-order valence-corrected chi connectivity index (χ4v) is 3.77. The molecule has 0 fully saturated rings. The van der Waals surface area contributed by atoms with E-state index in [0.29, 0.717) is 24.5 Å². The third-order valence-electron chi connectivity index (χ3n) is 4.62. The van der Waals surface area contributed by atoms with Gasteiger partial charge in [-0.05, 0) is 25.0 Å². The average molecular weight is 377 g/mol. The van der Waals surface area contributed by atoms with Gasteiger partial charge in [0.25, 0.3) is 0 Å². The van der Waals surface area contributed by atoms with Crippen LogP contribution in [0, 0.1) is 13.8 Å². The molecule has 9 heteroatoms. The van der Waals surface area contributed by atoms with Crippen molar-refractivity contribution in [3.63, 3.8) is 0 Å². The van der Waals surface area contributed by atoms with Crippen molar-refractivity contribution >= 4 is 29.3 Å². The van der Waals surface area contributed by atoms with Gasteiger partial charge in [-0.1, -0.05) is 11.6 Å². The molecule has 1 amide bonds. The molecule has 0 aliphatic carbocycles. The maximum absolute atomic E-state index is 11.5. The number of amides is 1. The summed E-state index contributed by atoms with van der Waals surface area (Å²) in [6, 6.07) is 0. The van der Waals surface area contributed by atoms with Crippen molar-refractivity contribution in [2.24, 2.45) is 5.73 Å². The highest BCUT2D eigenvalue weighted by Crippen LogP contribution is 2.41. The Balaban J connectivity index is 1.99. The molecule has 1 aliphatic rings. The normalized spacial score (nSPS) is 15.8. The first kappa shape index (κ1) is 18.2. The van der Waals surface area contributed by atoms with E-state index in [4.69, 9.17) is 27.8 Å². The smallest absolute Gasteiger partial charge is 0.223 e. The summed E-state index contributed by atoms with van der Waals surface area (Å²) in [5.41, 5.74) is 14.7. The van der Waals surface area contributed by atoms with E-state index >= 15 is 0 Å². The van der Waals surface area contributed by atoms with E-state index in [2.05, 4.69) is 15.0 Å². The molecule has 138 valence electrons. The second-order valence-corrected chi connectivity index (χ2v) is 6.74. The first-order chi connectivity index (χ1) is 12.3. The van der Waals surface area contributed by atoms with E-state index < -0.39 is 5.91 Å². The van der Waals surface area contributed by atoms with Gasteiger partial charge in [0.05, 0.1) is 12.8 Å². The van der Waals surface area contributed by atoms with Crippen molar-refractivity contribution in [2.75, 3.05) is 24.3 Å². The van der Waals surface area contributed by atoms with Crippen LogP contribution in [0.2, 0.25) is 5.15 Å². The lowest BCUT2D eigenvalue weighted by Crippen LogP contribution is -2.24. The number of methoxy groups -OCH3 is 1. The van der Waals surface area contributed by atoms with Crippen LogP contribution in [-0.4, -0.2) is 34.5 Å². The second-order valence-electron chi connectivity index (χ2n) is 6.38. The highest BCUT2D eigenvalue weighted by Gasteiger charge is 2.34. The number of rotatable bonds is 5. The molecular formula is C17H21ClN6O2. The Hall–Kier alpha value is -2.61. The minimum Gasteiger partial charge on any atom is -0.495 e. The molecule has 1 unspecified atom stereocenters. The predicted molar refractivity (Wildman–Crippen MR) is 99.3 cm³/mol. The van der Waals surface area contributed by atoms with Gasteiger partial charge < -0.3 is 21.1 Å². The summed E-state index contributed by atoms with van der Waals surface area (Å²) < 4.78 is 5.45. The largest absolute Gasteiger partial charge is 0.495 e. The first-order valence-corrected chi connectivity index (χ1v) is 8.54. The number of anilines is 2. The van der Waals surface area contributed by atoms with Crippen LogP contribution in [0.5, 0.6) is 5.75 Å². The van der Waals surface area contributed by atoms with Gasteiger partial charge in [-0.25, -0.2) is 4.98 Å². The summed E-state index contributed by atoms with van der Waals surface area (Å²) in [5, 5.41) is 0.262. The molecule has 26 heavy (non-hydrogen) atoms. The average Bonchev–Trinajstić information content (AvgIpc) is 2.87. The zero-order valence-corrected chi connectivity index (χ0v) is 15.7. The molecule has 1 aliphatic heterocycles. The van der Waals surface area contributed by atoms with E-state index in [1.807, 2.05) is 24.9 Å². The molecular weight excluding hydrogens is 356 g/mol. The Kier molecular flexibility index (Phi) is 4.86. The van der Waals surface area contributed by atoms with Crippen LogP contribution in [0.25, 0.3) is 0 Å². The molecule has 0 radical (unpaired) electrons. The van der Waals surface area contributed by atoms with Crippen molar-refractivity contribution in [3.05, 3.63) is 33.7 Å². The maximum atomic E-state index is 11.5. The molecule has 2 aromatic heterocycles. The number of pyridine rings is 1. The lowest BCUT2D eigenvalue weighted by atomic mass is 10.0. The van der Waals surface area contributed by atoms with Gasteiger partial charge in [-0.15, -0.1) is 0 Å². The Labute approximate surface area is 156 Å². The summed E-state index contributed by atoms with van der Waals surface area (Å²) in [6.45, 7) is 4.97. The van der Waals surface area contributed by atoms with E-state index in [1.165, 1.54) is 0 Å². The zero-order valence-electron chi connectivity index (χ0n) is 14.9. The Morgan fingerprint density at radius 1 is 1.42 bits per heavy atom. The highest BCUT2D eigenvalue weighted by atomic mass is 35.5. The highest BCUT2D eigenvalue weighted by molar-refractivity contribution is 6.30. The van der Waals surface area contributed by atoms with Crippen molar-refractivity contribution < 1.29 is 9.53 Å². The van der Waals surface area contributed by atoms with Crippen molar-refractivity contribution in [2.45, 2.75) is 32.7 Å². The van der Waals surface area contributed by atoms with Gasteiger partial charge in [0, 0.05) is 37.2 Å².